The van der Waals surface area contributed by atoms with Crippen LogP contribution in [0, 0.1) is 23.2 Å². The molecule has 2 atom stereocenters. The number of rotatable bonds is 7. The lowest BCUT2D eigenvalue weighted by molar-refractivity contribution is -0.274. The van der Waals surface area contributed by atoms with Gasteiger partial charge in [-0.25, -0.2) is 0 Å². The van der Waals surface area contributed by atoms with Crippen LogP contribution in [0.1, 0.15) is 57.9 Å². The number of allylic oxidation sites excluding steroid dienone is 1. The maximum absolute atomic E-state index is 12.8. The third-order valence-corrected chi connectivity index (χ3v) is 5.90. The molecule has 0 spiro atoms. The molecule has 2 unspecified atom stereocenters. The summed E-state index contributed by atoms with van der Waals surface area (Å²) in [6, 6.07) is 5.55. The Morgan fingerprint density at radius 2 is 1.67 bits per heavy atom. The van der Waals surface area contributed by atoms with Crippen LogP contribution in [0.5, 0.6) is 5.75 Å². The monoisotopic (exact) mass is 425 g/mol. The SMILES string of the molecule is CC1CCC(C)CC(OC/C(C(=N)c2ccccc2OC(F)(F)F)=C(/O)C2CC2)C1. The minimum absolute atomic E-state index is 0.00558. The summed E-state index contributed by atoms with van der Waals surface area (Å²) in [6.07, 6.45) is 0.869. The van der Waals surface area contributed by atoms with Gasteiger partial charge in [0.15, 0.2) is 0 Å². The van der Waals surface area contributed by atoms with Gasteiger partial charge in [-0.15, -0.1) is 13.2 Å². The van der Waals surface area contributed by atoms with Crippen LogP contribution in [0.25, 0.3) is 0 Å². The number of nitrogens with one attached hydrogen (secondary N) is 1. The first kappa shape index (κ1) is 22.7. The van der Waals surface area contributed by atoms with Gasteiger partial charge < -0.3 is 14.6 Å². The van der Waals surface area contributed by atoms with E-state index in [1.54, 1.807) is 6.07 Å². The van der Waals surface area contributed by atoms with Crippen molar-refractivity contribution in [2.75, 3.05) is 6.61 Å². The molecule has 2 N–H and O–H groups in total. The van der Waals surface area contributed by atoms with Gasteiger partial charge in [0.2, 0.25) is 0 Å². The summed E-state index contributed by atoms with van der Waals surface area (Å²) in [5.41, 5.74) is 0.0532. The lowest BCUT2D eigenvalue weighted by Gasteiger charge is -2.22. The zero-order chi connectivity index (χ0) is 21.9. The second-order valence-electron chi connectivity index (χ2n) is 8.75. The minimum atomic E-state index is -4.86. The number of alkyl halides is 3. The highest BCUT2D eigenvalue weighted by Crippen LogP contribution is 2.38. The highest BCUT2D eigenvalue weighted by molar-refractivity contribution is 6.12. The fourth-order valence-corrected chi connectivity index (χ4v) is 4.06. The molecule has 2 aliphatic rings. The topological polar surface area (TPSA) is 62.5 Å². The van der Waals surface area contributed by atoms with Gasteiger partial charge in [0, 0.05) is 17.1 Å². The van der Waals surface area contributed by atoms with Gasteiger partial charge in [-0.3, -0.25) is 5.41 Å². The first-order valence-corrected chi connectivity index (χ1v) is 10.6. The zero-order valence-corrected chi connectivity index (χ0v) is 17.5. The van der Waals surface area contributed by atoms with E-state index in [-0.39, 0.29) is 41.2 Å². The van der Waals surface area contributed by atoms with Crippen LogP contribution in [0.15, 0.2) is 35.6 Å². The quantitative estimate of drug-likeness (QED) is 0.302. The van der Waals surface area contributed by atoms with E-state index in [9.17, 15) is 18.3 Å². The number of benzene rings is 1. The fraction of sp³-hybridized carbons (Fsp3) is 0.609. The molecule has 0 aromatic heterocycles. The average Bonchev–Trinajstić information content (AvgIpc) is 3.50. The van der Waals surface area contributed by atoms with Crippen LogP contribution in [0.3, 0.4) is 0 Å². The van der Waals surface area contributed by atoms with Crippen molar-refractivity contribution in [2.24, 2.45) is 17.8 Å². The summed E-state index contributed by atoms with van der Waals surface area (Å²) in [5, 5.41) is 19.3. The molecule has 1 aromatic carbocycles. The summed E-state index contributed by atoms with van der Waals surface area (Å²) < 4.78 is 48.7. The summed E-state index contributed by atoms with van der Waals surface area (Å²) in [6.45, 7) is 4.39. The Balaban J connectivity index is 1.82. The second-order valence-corrected chi connectivity index (χ2v) is 8.75. The fourth-order valence-electron chi connectivity index (χ4n) is 4.06. The normalized spacial score (nSPS) is 26.0. The molecule has 0 aliphatic heterocycles. The van der Waals surface area contributed by atoms with Crippen molar-refractivity contribution in [3.63, 3.8) is 0 Å². The van der Waals surface area contributed by atoms with Gasteiger partial charge in [-0.2, -0.15) is 0 Å². The van der Waals surface area contributed by atoms with E-state index in [1.165, 1.54) is 18.2 Å². The van der Waals surface area contributed by atoms with E-state index in [2.05, 4.69) is 18.6 Å². The largest absolute Gasteiger partial charge is 0.573 e. The summed E-state index contributed by atoms with van der Waals surface area (Å²) in [4.78, 5) is 0. The lowest BCUT2D eigenvalue weighted by Crippen LogP contribution is -2.23. The van der Waals surface area contributed by atoms with E-state index in [1.807, 2.05) is 0 Å². The van der Waals surface area contributed by atoms with Crippen LogP contribution < -0.4 is 4.74 Å². The van der Waals surface area contributed by atoms with E-state index in [4.69, 9.17) is 10.1 Å². The predicted molar refractivity (Wildman–Crippen MR) is 109 cm³/mol. The molecule has 2 fully saturated rings. The maximum Gasteiger partial charge on any atom is 0.573 e. The molecule has 1 aromatic rings. The molecule has 0 saturated heterocycles. The van der Waals surface area contributed by atoms with Crippen molar-refractivity contribution in [2.45, 2.75) is 64.8 Å². The van der Waals surface area contributed by atoms with E-state index >= 15 is 0 Å². The molecule has 2 saturated carbocycles. The Kier molecular flexibility index (Phi) is 7.11. The van der Waals surface area contributed by atoms with E-state index in [0.29, 0.717) is 11.8 Å². The summed E-state index contributed by atoms with van der Waals surface area (Å²) in [7, 11) is 0. The summed E-state index contributed by atoms with van der Waals surface area (Å²) in [5.74, 6) is 0.616. The van der Waals surface area contributed by atoms with Crippen LogP contribution in [-0.2, 0) is 4.74 Å². The van der Waals surface area contributed by atoms with Crippen LogP contribution >= 0.6 is 0 Å². The Labute approximate surface area is 175 Å². The molecular formula is C23H30F3NO3. The molecule has 166 valence electrons. The van der Waals surface area contributed by atoms with E-state index < -0.39 is 12.1 Å². The van der Waals surface area contributed by atoms with Crippen molar-refractivity contribution >= 4 is 5.71 Å². The third kappa shape index (κ3) is 6.24. The Morgan fingerprint density at radius 3 is 2.23 bits per heavy atom. The average molecular weight is 425 g/mol. The van der Waals surface area contributed by atoms with Gasteiger partial charge >= 0.3 is 6.36 Å². The van der Waals surface area contributed by atoms with Gasteiger partial charge in [0.25, 0.3) is 0 Å². The number of para-hydroxylation sites is 1. The predicted octanol–water partition coefficient (Wildman–Crippen LogP) is 6.41. The Hall–Kier alpha value is -2.02. The molecule has 0 amide bonds. The maximum atomic E-state index is 12.8. The Bertz CT molecular complexity index is 774. The first-order valence-electron chi connectivity index (χ1n) is 10.6. The summed E-state index contributed by atoms with van der Waals surface area (Å²) >= 11 is 0. The van der Waals surface area contributed by atoms with Crippen LogP contribution in [0.2, 0.25) is 0 Å². The molecule has 0 heterocycles. The molecule has 0 bridgehead atoms. The molecule has 0 radical (unpaired) electrons. The van der Waals surface area contributed by atoms with Crippen LogP contribution in [-0.4, -0.2) is 29.9 Å². The van der Waals surface area contributed by atoms with Crippen molar-refractivity contribution in [3.8, 4) is 5.75 Å². The first-order chi connectivity index (χ1) is 14.1. The number of hydrogen-bond donors (Lipinski definition) is 2. The van der Waals surface area contributed by atoms with Crippen molar-refractivity contribution < 1.29 is 27.8 Å². The number of halogens is 3. The standard InChI is InChI=1S/C23H30F3NO3/c1-14-7-8-15(2)12-17(11-14)29-13-19(22(28)16-9-10-16)21(27)18-5-3-4-6-20(18)30-23(24,25)26/h3-6,14-17,27-28H,7-13H2,1-2H3/b22-19-,27-21?. The van der Waals surface area contributed by atoms with Crippen molar-refractivity contribution in [1.29, 1.82) is 5.41 Å². The number of hydrogen-bond acceptors (Lipinski definition) is 4. The molecule has 7 heteroatoms. The smallest absolute Gasteiger partial charge is 0.512 e. The van der Waals surface area contributed by atoms with Gasteiger partial charge in [0.1, 0.15) is 11.5 Å². The Morgan fingerprint density at radius 1 is 1.07 bits per heavy atom. The van der Waals surface area contributed by atoms with Crippen LogP contribution in [0.4, 0.5) is 13.2 Å². The number of ether oxygens (including phenoxy) is 2. The zero-order valence-electron chi connectivity index (χ0n) is 17.5. The van der Waals surface area contributed by atoms with Crippen molar-refractivity contribution in [1.82, 2.24) is 0 Å². The molecule has 4 nitrogen and oxygen atoms in total. The minimum Gasteiger partial charge on any atom is -0.512 e. The van der Waals surface area contributed by atoms with E-state index in [0.717, 1.165) is 38.5 Å². The molecule has 30 heavy (non-hydrogen) atoms. The van der Waals surface area contributed by atoms with Gasteiger partial charge in [-0.05, 0) is 49.7 Å². The van der Waals surface area contributed by atoms with Gasteiger partial charge in [0.05, 0.1) is 18.4 Å². The molecule has 3 rings (SSSR count). The number of aliphatic hydroxyl groups is 1. The highest BCUT2D eigenvalue weighted by Gasteiger charge is 2.34. The second kappa shape index (κ2) is 9.41. The lowest BCUT2D eigenvalue weighted by atomic mass is 9.98. The highest BCUT2D eigenvalue weighted by atomic mass is 19.4. The molecule has 2 aliphatic carbocycles. The number of aliphatic hydroxyl groups excluding tert-OH is 1. The van der Waals surface area contributed by atoms with Gasteiger partial charge in [-0.1, -0.05) is 38.8 Å². The molecular weight excluding hydrogens is 395 g/mol. The van der Waals surface area contributed by atoms with Crippen molar-refractivity contribution in [3.05, 3.63) is 41.2 Å². The third-order valence-electron chi connectivity index (χ3n) is 5.90.